The van der Waals surface area contributed by atoms with Crippen molar-refractivity contribution in [3.05, 3.63) is 30.3 Å². The number of anilines is 1. The molecule has 1 aromatic carbocycles. The van der Waals surface area contributed by atoms with E-state index in [9.17, 15) is 19.8 Å². The van der Waals surface area contributed by atoms with E-state index in [2.05, 4.69) is 0 Å². The molecule has 2 bridgehead atoms. The van der Waals surface area contributed by atoms with Crippen LogP contribution in [-0.2, 0) is 9.59 Å². The van der Waals surface area contributed by atoms with Gasteiger partial charge in [0.05, 0.1) is 29.7 Å². The first kappa shape index (κ1) is 12.1. The van der Waals surface area contributed by atoms with Gasteiger partial charge in [0.15, 0.2) is 0 Å². The van der Waals surface area contributed by atoms with Crippen LogP contribution in [0.3, 0.4) is 0 Å². The van der Waals surface area contributed by atoms with Crippen molar-refractivity contribution in [1.29, 1.82) is 0 Å². The number of para-hydroxylation sites is 1. The Kier molecular flexibility index (Phi) is 2.35. The Balaban J connectivity index is 1.75. The quantitative estimate of drug-likeness (QED) is 0.715. The lowest BCUT2D eigenvalue weighted by molar-refractivity contribution is -0.129. The predicted molar refractivity (Wildman–Crippen MR) is 69.5 cm³/mol. The van der Waals surface area contributed by atoms with Crippen LogP contribution in [0, 0.1) is 23.7 Å². The van der Waals surface area contributed by atoms with Gasteiger partial charge in [-0.1, -0.05) is 18.2 Å². The van der Waals surface area contributed by atoms with Crippen LogP contribution in [0.15, 0.2) is 30.3 Å². The third kappa shape index (κ3) is 1.29. The summed E-state index contributed by atoms with van der Waals surface area (Å²) >= 11 is 0. The molecule has 0 spiro atoms. The number of aliphatic hydroxyl groups is 2. The van der Waals surface area contributed by atoms with Gasteiger partial charge in [0.1, 0.15) is 0 Å². The van der Waals surface area contributed by atoms with Crippen molar-refractivity contribution in [2.45, 2.75) is 18.6 Å². The molecule has 1 heterocycles. The van der Waals surface area contributed by atoms with Crippen molar-refractivity contribution in [1.82, 2.24) is 0 Å². The van der Waals surface area contributed by atoms with Gasteiger partial charge in [-0.05, 0) is 18.6 Å². The van der Waals surface area contributed by atoms with Crippen molar-refractivity contribution in [3.63, 3.8) is 0 Å². The highest BCUT2D eigenvalue weighted by atomic mass is 16.3. The van der Waals surface area contributed by atoms with E-state index in [1.54, 1.807) is 24.3 Å². The van der Waals surface area contributed by atoms with Gasteiger partial charge < -0.3 is 10.2 Å². The lowest BCUT2D eigenvalue weighted by Gasteiger charge is -2.29. The third-order valence-corrected chi connectivity index (χ3v) is 5.11. The number of imide groups is 1. The molecule has 1 aromatic rings. The summed E-state index contributed by atoms with van der Waals surface area (Å²) in [5.74, 6) is -1.97. The van der Waals surface area contributed by atoms with Crippen LogP contribution in [-0.4, -0.2) is 34.2 Å². The number of carbonyl (C=O) groups excluding carboxylic acids is 2. The summed E-state index contributed by atoms with van der Waals surface area (Å²) < 4.78 is 0. The summed E-state index contributed by atoms with van der Waals surface area (Å²) in [5.41, 5.74) is 0.570. The minimum atomic E-state index is -0.881. The Hall–Kier alpha value is -1.72. The molecule has 0 radical (unpaired) electrons. The number of fused-ring (bicyclic) bond motifs is 5. The van der Waals surface area contributed by atoms with Crippen molar-refractivity contribution in [2.24, 2.45) is 23.7 Å². The third-order valence-electron chi connectivity index (χ3n) is 5.11. The number of hydrogen-bond donors (Lipinski definition) is 2. The van der Waals surface area contributed by atoms with Crippen LogP contribution in [0.1, 0.15) is 6.42 Å². The molecule has 5 heteroatoms. The summed E-state index contributed by atoms with van der Waals surface area (Å²) in [6.07, 6.45) is -1.19. The number of amides is 2. The van der Waals surface area contributed by atoms with Gasteiger partial charge in [-0.3, -0.25) is 14.5 Å². The van der Waals surface area contributed by atoms with E-state index in [-0.39, 0.29) is 23.7 Å². The molecule has 4 rings (SSSR count). The van der Waals surface area contributed by atoms with Crippen LogP contribution in [0.2, 0.25) is 0 Å². The van der Waals surface area contributed by atoms with Gasteiger partial charge in [0, 0.05) is 11.8 Å². The van der Waals surface area contributed by atoms with Gasteiger partial charge in [-0.2, -0.15) is 0 Å². The van der Waals surface area contributed by atoms with E-state index in [1.807, 2.05) is 6.07 Å². The van der Waals surface area contributed by atoms with E-state index in [0.29, 0.717) is 12.1 Å². The van der Waals surface area contributed by atoms with Crippen LogP contribution in [0.4, 0.5) is 5.69 Å². The van der Waals surface area contributed by atoms with Crippen LogP contribution >= 0.6 is 0 Å². The van der Waals surface area contributed by atoms with Crippen molar-refractivity contribution >= 4 is 17.5 Å². The first-order valence-corrected chi connectivity index (χ1v) is 6.90. The van der Waals surface area contributed by atoms with Crippen molar-refractivity contribution < 1.29 is 19.8 Å². The van der Waals surface area contributed by atoms with E-state index in [0.717, 1.165) is 0 Å². The molecule has 2 saturated carbocycles. The number of rotatable bonds is 1. The number of nitrogens with zero attached hydrogens (tertiary/aromatic N) is 1. The summed E-state index contributed by atoms with van der Waals surface area (Å²) in [7, 11) is 0. The zero-order valence-electron chi connectivity index (χ0n) is 10.7. The summed E-state index contributed by atoms with van der Waals surface area (Å²) in [5, 5.41) is 19.9. The van der Waals surface area contributed by atoms with Crippen LogP contribution in [0.25, 0.3) is 0 Å². The van der Waals surface area contributed by atoms with Crippen LogP contribution < -0.4 is 4.90 Å². The second-order valence-electron chi connectivity index (χ2n) is 5.94. The minimum Gasteiger partial charge on any atom is -0.390 e. The normalized spacial score (nSPS) is 42.4. The fraction of sp³-hybridized carbons (Fsp3) is 0.467. The molecule has 3 fully saturated rings. The number of benzene rings is 1. The average molecular weight is 273 g/mol. The molecular weight excluding hydrogens is 258 g/mol. The van der Waals surface area contributed by atoms with Gasteiger partial charge in [-0.15, -0.1) is 0 Å². The van der Waals surface area contributed by atoms with E-state index >= 15 is 0 Å². The van der Waals surface area contributed by atoms with Crippen LogP contribution in [0.5, 0.6) is 0 Å². The van der Waals surface area contributed by atoms with E-state index in [4.69, 9.17) is 0 Å². The largest absolute Gasteiger partial charge is 0.390 e. The smallest absolute Gasteiger partial charge is 0.238 e. The Morgan fingerprint density at radius 3 is 1.90 bits per heavy atom. The number of aliphatic hydroxyl groups excluding tert-OH is 2. The summed E-state index contributed by atoms with van der Waals surface area (Å²) in [6.45, 7) is 0. The van der Waals surface area contributed by atoms with E-state index in [1.165, 1.54) is 4.90 Å². The Morgan fingerprint density at radius 2 is 1.40 bits per heavy atom. The Morgan fingerprint density at radius 1 is 0.900 bits per heavy atom. The van der Waals surface area contributed by atoms with Crippen molar-refractivity contribution in [3.8, 4) is 0 Å². The standard InChI is InChI=1S/C15H15NO4/c17-12-8-6-9(13(12)18)11-10(8)14(19)16(15(11)20)7-4-2-1-3-5-7/h1-5,8-13,17-18H,6H2. The zero-order valence-corrected chi connectivity index (χ0v) is 10.7. The first-order valence-electron chi connectivity index (χ1n) is 6.90. The monoisotopic (exact) mass is 273 g/mol. The van der Waals surface area contributed by atoms with Gasteiger partial charge in [-0.25, -0.2) is 0 Å². The fourth-order valence-electron chi connectivity index (χ4n) is 4.26. The maximum absolute atomic E-state index is 12.6. The zero-order chi connectivity index (χ0) is 14.0. The molecule has 2 N–H and O–H groups in total. The SMILES string of the molecule is O=C1C2C3CC(C(O)C3O)C2C(=O)N1c1ccccc1. The number of carbonyl (C=O) groups is 2. The highest BCUT2D eigenvalue weighted by Gasteiger charge is 2.67. The molecule has 3 aliphatic rings. The molecule has 6 atom stereocenters. The molecule has 1 aliphatic heterocycles. The van der Waals surface area contributed by atoms with Gasteiger partial charge in [0.25, 0.3) is 0 Å². The molecule has 20 heavy (non-hydrogen) atoms. The summed E-state index contributed by atoms with van der Waals surface area (Å²) in [4.78, 5) is 26.3. The summed E-state index contributed by atoms with van der Waals surface area (Å²) in [6, 6.07) is 8.84. The second kappa shape index (κ2) is 3.90. The molecule has 2 aliphatic carbocycles. The molecule has 6 unspecified atom stereocenters. The molecule has 5 nitrogen and oxygen atoms in total. The lowest BCUT2D eigenvalue weighted by atomic mass is 9.78. The lowest BCUT2D eigenvalue weighted by Crippen LogP contribution is -2.43. The van der Waals surface area contributed by atoms with Crippen molar-refractivity contribution in [2.75, 3.05) is 4.90 Å². The van der Waals surface area contributed by atoms with Gasteiger partial charge >= 0.3 is 0 Å². The number of hydrogen-bond acceptors (Lipinski definition) is 4. The maximum Gasteiger partial charge on any atom is 0.238 e. The predicted octanol–water partition coefficient (Wildman–Crippen LogP) is 0.164. The Bertz CT molecular complexity index is 555. The molecule has 1 saturated heterocycles. The second-order valence-corrected chi connectivity index (χ2v) is 5.94. The maximum atomic E-state index is 12.6. The first-order chi connectivity index (χ1) is 9.61. The van der Waals surface area contributed by atoms with E-state index < -0.39 is 24.0 Å². The Labute approximate surface area is 115 Å². The fourth-order valence-corrected chi connectivity index (χ4v) is 4.26. The highest BCUT2D eigenvalue weighted by molar-refractivity contribution is 6.22. The minimum absolute atomic E-state index is 0.232. The molecule has 0 aromatic heterocycles. The molecule has 2 amide bonds. The molecule has 104 valence electrons. The molecular formula is C15H15NO4. The average Bonchev–Trinajstić information content (AvgIpc) is 3.05. The van der Waals surface area contributed by atoms with Gasteiger partial charge in [0.2, 0.25) is 11.8 Å². The highest BCUT2D eigenvalue weighted by Crippen LogP contribution is 2.56. The topological polar surface area (TPSA) is 77.8 Å².